The quantitative estimate of drug-likeness (QED) is 0.680. The van der Waals surface area contributed by atoms with Crippen LogP contribution < -0.4 is 10.6 Å². The van der Waals surface area contributed by atoms with Gasteiger partial charge in [-0.15, -0.1) is 5.10 Å². The molecule has 2 rings (SSSR count). The molecule has 0 spiro atoms. The van der Waals surface area contributed by atoms with Crippen molar-refractivity contribution in [1.82, 2.24) is 10.2 Å². The molecule has 78 valence electrons. The summed E-state index contributed by atoms with van der Waals surface area (Å²) in [5.41, 5.74) is 5.36. The van der Waals surface area contributed by atoms with Crippen LogP contribution in [0.15, 0.2) is 4.42 Å². The molecule has 0 aromatic carbocycles. The van der Waals surface area contributed by atoms with Crippen LogP contribution in [0.5, 0.6) is 0 Å². The van der Waals surface area contributed by atoms with Crippen LogP contribution in [-0.2, 0) is 6.54 Å². The summed E-state index contributed by atoms with van der Waals surface area (Å²) in [6.45, 7) is 1.24. The number of aliphatic hydroxyl groups is 1. The van der Waals surface area contributed by atoms with Gasteiger partial charge in [-0.1, -0.05) is 5.10 Å². The van der Waals surface area contributed by atoms with E-state index >= 15 is 0 Å². The van der Waals surface area contributed by atoms with E-state index in [1.54, 1.807) is 0 Å². The van der Waals surface area contributed by atoms with Crippen LogP contribution in [0.25, 0.3) is 0 Å². The Bertz CT molecular complexity index is 301. The normalized spacial score (nSPS) is 21.9. The maximum absolute atomic E-state index is 9.11. The van der Waals surface area contributed by atoms with Crippen LogP contribution in [-0.4, -0.2) is 34.5 Å². The van der Waals surface area contributed by atoms with Crippen LogP contribution in [0.3, 0.4) is 0 Å². The van der Waals surface area contributed by atoms with Crippen molar-refractivity contribution in [2.45, 2.75) is 25.4 Å². The molecule has 0 bridgehead atoms. The first-order valence-electron chi connectivity index (χ1n) is 4.75. The first-order valence-corrected chi connectivity index (χ1v) is 4.75. The average molecular weight is 198 g/mol. The molecule has 0 radical (unpaired) electrons. The van der Waals surface area contributed by atoms with E-state index in [0.29, 0.717) is 11.9 Å². The van der Waals surface area contributed by atoms with Crippen molar-refractivity contribution in [3.63, 3.8) is 0 Å². The molecule has 1 aliphatic heterocycles. The smallest absolute Gasteiger partial charge is 0.318 e. The number of anilines is 1. The monoisotopic (exact) mass is 198 g/mol. The Balaban J connectivity index is 2.13. The van der Waals surface area contributed by atoms with Gasteiger partial charge in [-0.05, 0) is 12.8 Å². The highest BCUT2D eigenvalue weighted by atomic mass is 16.4. The number of aromatic nitrogens is 2. The van der Waals surface area contributed by atoms with E-state index in [-0.39, 0.29) is 19.2 Å². The Labute approximate surface area is 81.7 Å². The molecule has 1 aromatic heterocycles. The predicted molar refractivity (Wildman–Crippen MR) is 49.6 cm³/mol. The Morgan fingerprint density at radius 3 is 3.07 bits per heavy atom. The van der Waals surface area contributed by atoms with E-state index in [2.05, 4.69) is 10.2 Å². The number of nitrogens with two attached hydrogens (primary N) is 1. The van der Waals surface area contributed by atoms with Crippen LogP contribution in [0.1, 0.15) is 18.7 Å². The van der Waals surface area contributed by atoms with Gasteiger partial charge < -0.3 is 20.2 Å². The van der Waals surface area contributed by atoms with Gasteiger partial charge in [0.2, 0.25) is 5.89 Å². The Kier molecular flexibility index (Phi) is 2.64. The van der Waals surface area contributed by atoms with Crippen molar-refractivity contribution in [2.24, 2.45) is 5.73 Å². The average Bonchev–Trinajstić information content (AvgIpc) is 2.85. The van der Waals surface area contributed by atoms with Crippen LogP contribution >= 0.6 is 0 Å². The highest BCUT2D eigenvalue weighted by Crippen LogP contribution is 2.23. The zero-order valence-electron chi connectivity index (χ0n) is 7.89. The third kappa shape index (κ3) is 1.58. The number of hydrogen-bond acceptors (Lipinski definition) is 6. The fourth-order valence-corrected chi connectivity index (χ4v) is 1.72. The van der Waals surface area contributed by atoms with Crippen LogP contribution in [0.4, 0.5) is 6.01 Å². The Hall–Kier alpha value is -1.14. The summed E-state index contributed by atoms with van der Waals surface area (Å²) in [4.78, 5) is 1.94. The summed E-state index contributed by atoms with van der Waals surface area (Å²) < 4.78 is 5.32. The lowest BCUT2D eigenvalue weighted by atomic mass is 10.2. The first kappa shape index (κ1) is 9.42. The van der Waals surface area contributed by atoms with Crippen molar-refractivity contribution < 1.29 is 9.52 Å². The minimum atomic E-state index is 0.112. The second-order valence-electron chi connectivity index (χ2n) is 3.35. The molecule has 1 fully saturated rings. The molecule has 3 N–H and O–H groups in total. The van der Waals surface area contributed by atoms with Crippen molar-refractivity contribution in [2.75, 3.05) is 18.1 Å². The number of hydrogen-bond donors (Lipinski definition) is 2. The molecule has 0 aliphatic carbocycles. The fourth-order valence-electron chi connectivity index (χ4n) is 1.72. The van der Waals surface area contributed by atoms with Gasteiger partial charge in [-0.3, -0.25) is 0 Å². The minimum Gasteiger partial charge on any atom is -0.407 e. The highest BCUT2D eigenvalue weighted by Gasteiger charge is 2.27. The molecule has 1 atom stereocenters. The van der Waals surface area contributed by atoms with Gasteiger partial charge in [-0.25, -0.2) is 0 Å². The predicted octanol–water partition coefficient (Wildman–Crippen LogP) is -0.511. The molecule has 6 nitrogen and oxygen atoms in total. The molecule has 1 unspecified atom stereocenters. The van der Waals surface area contributed by atoms with Gasteiger partial charge in [0.1, 0.15) is 0 Å². The van der Waals surface area contributed by atoms with E-state index in [1.165, 1.54) is 0 Å². The summed E-state index contributed by atoms with van der Waals surface area (Å²) in [6, 6.07) is 0.586. The van der Waals surface area contributed by atoms with Gasteiger partial charge in [0.15, 0.2) is 0 Å². The number of aliphatic hydroxyl groups excluding tert-OH is 1. The molecule has 0 saturated carbocycles. The van der Waals surface area contributed by atoms with Crippen molar-refractivity contribution >= 4 is 6.01 Å². The number of nitrogens with zero attached hydrogens (tertiary/aromatic N) is 3. The summed E-state index contributed by atoms with van der Waals surface area (Å²) >= 11 is 0. The van der Waals surface area contributed by atoms with Crippen LogP contribution in [0, 0.1) is 0 Å². The lowest BCUT2D eigenvalue weighted by Gasteiger charge is -2.19. The first-order chi connectivity index (χ1) is 6.85. The van der Waals surface area contributed by atoms with E-state index in [4.69, 9.17) is 15.3 Å². The molecule has 6 heteroatoms. The summed E-state index contributed by atoms with van der Waals surface area (Å²) in [5, 5.41) is 16.8. The van der Waals surface area contributed by atoms with E-state index in [0.717, 1.165) is 19.4 Å². The SMILES string of the molecule is NCc1nnc(N2CCCC2CO)o1. The van der Waals surface area contributed by atoms with E-state index < -0.39 is 0 Å². The molecular weight excluding hydrogens is 184 g/mol. The lowest BCUT2D eigenvalue weighted by molar-refractivity contribution is 0.262. The molecule has 2 heterocycles. The molecule has 1 saturated heterocycles. The molecule has 1 aliphatic rings. The molecule has 14 heavy (non-hydrogen) atoms. The Morgan fingerprint density at radius 2 is 2.43 bits per heavy atom. The summed E-state index contributed by atoms with van der Waals surface area (Å²) in [6.07, 6.45) is 2.02. The third-order valence-electron chi connectivity index (χ3n) is 2.46. The molecule has 0 amide bonds. The second-order valence-corrected chi connectivity index (χ2v) is 3.35. The van der Waals surface area contributed by atoms with Crippen molar-refractivity contribution in [1.29, 1.82) is 0 Å². The van der Waals surface area contributed by atoms with Gasteiger partial charge >= 0.3 is 6.01 Å². The highest BCUT2D eigenvalue weighted by molar-refractivity contribution is 5.28. The second kappa shape index (κ2) is 3.93. The summed E-state index contributed by atoms with van der Waals surface area (Å²) in [5.74, 6) is 0.434. The molecule has 1 aromatic rings. The van der Waals surface area contributed by atoms with Crippen molar-refractivity contribution in [3.8, 4) is 0 Å². The van der Waals surface area contributed by atoms with Gasteiger partial charge in [-0.2, -0.15) is 0 Å². The van der Waals surface area contributed by atoms with Gasteiger partial charge in [0, 0.05) is 6.54 Å². The minimum absolute atomic E-state index is 0.112. The fraction of sp³-hybridized carbons (Fsp3) is 0.750. The topological polar surface area (TPSA) is 88.4 Å². The molecular formula is C8H14N4O2. The largest absolute Gasteiger partial charge is 0.407 e. The standard InChI is InChI=1S/C8H14N4O2/c9-4-7-10-11-8(14-7)12-3-1-2-6(12)5-13/h6,13H,1-5,9H2. The zero-order valence-corrected chi connectivity index (χ0v) is 7.89. The maximum Gasteiger partial charge on any atom is 0.318 e. The Morgan fingerprint density at radius 1 is 1.57 bits per heavy atom. The summed E-state index contributed by atoms with van der Waals surface area (Å²) in [7, 11) is 0. The number of rotatable bonds is 3. The maximum atomic E-state index is 9.11. The van der Waals surface area contributed by atoms with Gasteiger partial charge in [0.05, 0.1) is 19.2 Å². The van der Waals surface area contributed by atoms with E-state index in [1.807, 2.05) is 4.90 Å². The third-order valence-corrected chi connectivity index (χ3v) is 2.46. The van der Waals surface area contributed by atoms with Crippen LogP contribution in [0.2, 0.25) is 0 Å². The zero-order chi connectivity index (χ0) is 9.97. The lowest BCUT2D eigenvalue weighted by Crippen LogP contribution is -2.32. The van der Waals surface area contributed by atoms with Gasteiger partial charge in [0.25, 0.3) is 0 Å². The van der Waals surface area contributed by atoms with Crippen molar-refractivity contribution in [3.05, 3.63) is 5.89 Å². The van der Waals surface area contributed by atoms with E-state index in [9.17, 15) is 0 Å².